The molecule has 0 aromatic heterocycles. The zero-order valence-corrected chi connectivity index (χ0v) is 19.4. The average molecular weight is 491 g/mol. The third kappa shape index (κ3) is 4.93. The fraction of sp³-hybridized carbons (Fsp3) is 0.391. The minimum atomic E-state index is -4.20. The number of sulfonamides is 1. The molecule has 8 nitrogen and oxygen atoms in total. The van der Waals surface area contributed by atoms with E-state index in [4.69, 9.17) is 21.1 Å². The third-order valence-corrected chi connectivity index (χ3v) is 7.71. The first-order valence-electron chi connectivity index (χ1n) is 10.6. The van der Waals surface area contributed by atoms with Crippen molar-refractivity contribution in [1.82, 2.24) is 0 Å². The number of halogens is 1. The Balaban J connectivity index is 1.74. The van der Waals surface area contributed by atoms with Gasteiger partial charge in [-0.1, -0.05) is 17.7 Å². The molecule has 2 aliphatic carbocycles. The number of anilines is 1. The highest BCUT2D eigenvalue weighted by Gasteiger charge is 2.33. The number of ether oxygens (including phenoxy) is 2. The van der Waals surface area contributed by atoms with Crippen molar-refractivity contribution >= 4 is 33.3 Å². The molecule has 0 bridgehead atoms. The summed E-state index contributed by atoms with van der Waals surface area (Å²) in [5.41, 5.74) is 0.581. The van der Waals surface area contributed by atoms with Crippen molar-refractivity contribution in [1.29, 1.82) is 5.26 Å². The second-order valence-corrected chi connectivity index (χ2v) is 10.3. The minimum Gasteiger partial charge on any atom is -0.485 e. The van der Waals surface area contributed by atoms with E-state index in [-0.39, 0.29) is 50.6 Å². The summed E-state index contributed by atoms with van der Waals surface area (Å²) in [6, 6.07) is 8.80. The molecule has 2 aromatic rings. The van der Waals surface area contributed by atoms with Gasteiger partial charge in [0.15, 0.2) is 0 Å². The molecule has 1 unspecified atom stereocenters. The Morgan fingerprint density at radius 2 is 1.91 bits per heavy atom. The second-order valence-electron chi connectivity index (χ2n) is 8.24. The van der Waals surface area contributed by atoms with Crippen LogP contribution in [0.5, 0.6) is 5.75 Å². The van der Waals surface area contributed by atoms with Crippen LogP contribution < -0.4 is 9.46 Å². The van der Waals surface area contributed by atoms with Crippen LogP contribution in [0.25, 0.3) is 0 Å². The van der Waals surface area contributed by atoms with Gasteiger partial charge < -0.3 is 14.6 Å². The van der Waals surface area contributed by atoms with E-state index in [1.807, 2.05) is 6.07 Å². The maximum Gasteiger partial charge on any atom is 0.335 e. The zero-order valence-electron chi connectivity index (χ0n) is 17.9. The highest BCUT2D eigenvalue weighted by molar-refractivity contribution is 7.92. The number of carboxylic acid groups (broad SMARTS) is 1. The average Bonchev–Trinajstić information content (AvgIpc) is 3.53. The standard InChI is InChI=1S/C23H23ClN2O6S/c1-31-19-3-2-4-20(19)32-21-11-17(24)15(12-25)9-18(21)26-33(29,30)22-10-14(23(27)28)7-8-16(22)13-5-6-13/h7-11,13,19-20,26H,2-6H2,1H3,(H,27,28)/t19-,20?/m1/s1. The van der Waals surface area contributed by atoms with Crippen LogP contribution in [0, 0.1) is 11.3 Å². The zero-order chi connectivity index (χ0) is 23.8. The first kappa shape index (κ1) is 23.4. The summed E-state index contributed by atoms with van der Waals surface area (Å²) in [4.78, 5) is 11.4. The SMILES string of the molecule is CO[C@@H]1CCCC1Oc1cc(Cl)c(C#N)cc1NS(=O)(=O)c1cc(C(=O)O)ccc1C1CC1. The summed E-state index contributed by atoms with van der Waals surface area (Å²) in [7, 11) is -2.60. The molecule has 2 saturated carbocycles. The van der Waals surface area contributed by atoms with Gasteiger partial charge in [0.25, 0.3) is 10.0 Å². The van der Waals surface area contributed by atoms with Crippen molar-refractivity contribution < 1.29 is 27.8 Å². The van der Waals surface area contributed by atoms with Crippen LogP contribution in [0.4, 0.5) is 5.69 Å². The van der Waals surface area contributed by atoms with Gasteiger partial charge in [0, 0.05) is 13.2 Å². The van der Waals surface area contributed by atoms with Crippen LogP contribution in [0.3, 0.4) is 0 Å². The number of benzene rings is 2. The minimum absolute atomic E-state index is 0.0557. The number of hydrogen-bond acceptors (Lipinski definition) is 6. The molecule has 174 valence electrons. The van der Waals surface area contributed by atoms with Gasteiger partial charge in [-0.15, -0.1) is 0 Å². The van der Waals surface area contributed by atoms with E-state index in [1.54, 1.807) is 13.2 Å². The van der Waals surface area contributed by atoms with Crippen molar-refractivity contribution in [3.05, 3.63) is 52.0 Å². The molecule has 0 radical (unpaired) electrons. The molecule has 4 rings (SSSR count). The summed E-state index contributed by atoms with van der Waals surface area (Å²) in [6.45, 7) is 0. The van der Waals surface area contributed by atoms with E-state index in [1.165, 1.54) is 18.2 Å². The Kier molecular flexibility index (Phi) is 6.52. The molecule has 0 saturated heterocycles. The number of nitrogens with one attached hydrogen (secondary N) is 1. The largest absolute Gasteiger partial charge is 0.485 e. The van der Waals surface area contributed by atoms with Crippen LogP contribution in [0.2, 0.25) is 5.02 Å². The molecule has 2 atom stereocenters. The van der Waals surface area contributed by atoms with E-state index in [2.05, 4.69) is 4.72 Å². The summed E-state index contributed by atoms with van der Waals surface area (Å²) in [5, 5.41) is 18.9. The molecule has 0 spiro atoms. The Hall–Kier alpha value is -2.80. The molecule has 2 aliphatic rings. The fourth-order valence-corrected chi connectivity index (χ4v) is 5.69. The number of rotatable bonds is 8. The highest BCUT2D eigenvalue weighted by atomic mass is 35.5. The lowest BCUT2D eigenvalue weighted by atomic mass is 10.1. The first-order chi connectivity index (χ1) is 15.7. The monoisotopic (exact) mass is 490 g/mol. The Morgan fingerprint density at radius 1 is 1.18 bits per heavy atom. The molecule has 0 amide bonds. The summed E-state index contributed by atoms with van der Waals surface area (Å²) in [5.74, 6) is -0.974. The predicted octanol–water partition coefficient (Wildman–Crippen LogP) is 4.53. The second kappa shape index (κ2) is 9.21. The fourth-order valence-electron chi connectivity index (χ4n) is 4.11. The van der Waals surface area contributed by atoms with Crippen molar-refractivity contribution in [2.75, 3.05) is 11.8 Å². The number of aromatic carboxylic acids is 1. The van der Waals surface area contributed by atoms with Crippen LogP contribution in [-0.2, 0) is 14.8 Å². The lowest BCUT2D eigenvalue weighted by Gasteiger charge is -2.23. The van der Waals surface area contributed by atoms with Crippen LogP contribution >= 0.6 is 11.6 Å². The summed E-state index contributed by atoms with van der Waals surface area (Å²) >= 11 is 6.20. The van der Waals surface area contributed by atoms with E-state index < -0.39 is 16.0 Å². The van der Waals surface area contributed by atoms with E-state index in [0.29, 0.717) is 5.56 Å². The first-order valence-corrected chi connectivity index (χ1v) is 12.4. The molecule has 0 heterocycles. The topological polar surface area (TPSA) is 126 Å². The number of methoxy groups -OCH3 is 1. The van der Waals surface area contributed by atoms with Crippen molar-refractivity contribution in [2.24, 2.45) is 0 Å². The van der Waals surface area contributed by atoms with E-state index in [0.717, 1.165) is 38.2 Å². The van der Waals surface area contributed by atoms with Crippen LogP contribution in [0.15, 0.2) is 35.2 Å². The quantitative estimate of drug-likeness (QED) is 0.556. The molecule has 2 N–H and O–H groups in total. The summed E-state index contributed by atoms with van der Waals surface area (Å²) in [6.07, 6.45) is 3.69. The molecular formula is C23H23ClN2O6S. The Morgan fingerprint density at radius 3 is 2.55 bits per heavy atom. The van der Waals surface area contributed by atoms with Crippen LogP contribution in [0.1, 0.15) is 59.5 Å². The van der Waals surface area contributed by atoms with Gasteiger partial charge in [-0.25, -0.2) is 13.2 Å². The number of carboxylic acids is 1. The molecule has 2 aromatic carbocycles. The van der Waals surface area contributed by atoms with Crippen molar-refractivity contribution in [3.63, 3.8) is 0 Å². The summed E-state index contributed by atoms with van der Waals surface area (Å²) < 4.78 is 40.9. The van der Waals surface area contributed by atoms with Gasteiger partial charge in [-0.3, -0.25) is 4.72 Å². The van der Waals surface area contributed by atoms with Crippen LogP contribution in [-0.4, -0.2) is 38.8 Å². The molecule has 0 aliphatic heterocycles. The Bertz CT molecular complexity index is 1240. The third-order valence-electron chi connectivity index (χ3n) is 5.97. The van der Waals surface area contributed by atoms with Gasteiger partial charge in [-0.2, -0.15) is 5.26 Å². The lowest BCUT2D eigenvalue weighted by molar-refractivity contribution is 0.0232. The predicted molar refractivity (Wildman–Crippen MR) is 121 cm³/mol. The number of hydrogen-bond donors (Lipinski definition) is 2. The normalized spacial score (nSPS) is 20.3. The van der Waals surface area contributed by atoms with Gasteiger partial charge >= 0.3 is 5.97 Å². The van der Waals surface area contributed by atoms with Crippen molar-refractivity contribution in [3.8, 4) is 11.8 Å². The lowest BCUT2D eigenvalue weighted by Crippen LogP contribution is -2.28. The molecule has 33 heavy (non-hydrogen) atoms. The van der Waals surface area contributed by atoms with Crippen molar-refractivity contribution in [2.45, 2.75) is 55.1 Å². The van der Waals surface area contributed by atoms with Gasteiger partial charge in [-0.05, 0) is 61.8 Å². The van der Waals surface area contributed by atoms with E-state index >= 15 is 0 Å². The smallest absolute Gasteiger partial charge is 0.335 e. The van der Waals surface area contributed by atoms with Gasteiger partial charge in [0.05, 0.1) is 32.8 Å². The Labute approximate surface area is 197 Å². The molecule has 10 heteroatoms. The maximum atomic E-state index is 13.4. The highest BCUT2D eigenvalue weighted by Crippen LogP contribution is 2.44. The van der Waals surface area contributed by atoms with Gasteiger partial charge in [0.2, 0.25) is 0 Å². The molecular weight excluding hydrogens is 468 g/mol. The van der Waals surface area contributed by atoms with E-state index in [9.17, 15) is 23.6 Å². The maximum absolute atomic E-state index is 13.4. The number of nitrogens with zero attached hydrogens (tertiary/aromatic N) is 1. The number of carbonyl (C=O) groups is 1. The molecule has 2 fully saturated rings. The number of nitriles is 1. The van der Waals surface area contributed by atoms with Gasteiger partial charge in [0.1, 0.15) is 17.9 Å².